The Morgan fingerprint density at radius 2 is 2.04 bits per heavy atom. The highest BCUT2D eigenvalue weighted by Gasteiger charge is 2.23. The Labute approximate surface area is 153 Å². The second-order valence-corrected chi connectivity index (χ2v) is 6.84. The van der Waals surface area contributed by atoms with Gasteiger partial charge >= 0.3 is 0 Å². The van der Waals surface area contributed by atoms with Crippen molar-refractivity contribution in [2.75, 3.05) is 18.0 Å². The zero-order chi connectivity index (χ0) is 17.9. The molecule has 0 spiro atoms. The molecule has 0 radical (unpaired) electrons. The van der Waals surface area contributed by atoms with Crippen LogP contribution in [-0.4, -0.2) is 39.1 Å². The topological polar surface area (TPSA) is 64.0 Å². The van der Waals surface area contributed by atoms with Gasteiger partial charge in [-0.25, -0.2) is 15.0 Å². The lowest BCUT2D eigenvalue weighted by molar-refractivity contribution is 0.0249. The summed E-state index contributed by atoms with van der Waals surface area (Å²) in [4.78, 5) is 20.0. The molecule has 3 aromatic heterocycles. The Hall–Kier alpha value is -2.60. The van der Waals surface area contributed by atoms with Crippen molar-refractivity contribution in [2.45, 2.75) is 39.4 Å². The average molecular weight is 349 g/mol. The van der Waals surface area contributed by atoms with Gasteiger partial charge in [-0.1, -0.05) is 6.07 Å². The van der Waals surface area contributed by atoms with E-state index in [-0.39, 0.29) is 6.10 Å². The maximum Gasteiger partial charge on any atom is 0.165 e. The number of hydrogen-bond acceptors (Lipinski definition) is 6. The first-order valence-corrected chi connectivity index (χ1v) is 9.05. The highest BCUT2D eigenvalue weighted by molar-refractivity contribution is 5.90. The van der Waals surface area contributed by atoms with E-state index in [9.17, 15) is 0 Å². The summed E-state index contributed by atoms with van der Waals surface area (Å²) in [5, 5.41) is 1.06. The minimum atomic E-state index is 0.279. The molecule has 1 aliphatic rings. The van der Waals surface area contributed by atoms with Crippen molar-refractivity contribution in [3.63, 3.8) is 0 Å². The quantitative estimate of drug-likeness (QED) is 0.721. The Balaban J connectivity index is 1.44. The van der Waals surface area contributed by atoms with Gasteiger partial charge in [0, 0.05) is 31.2 Å². The van der Waals surface area contributed by atoms with Crippen LogP contribution in [0.1, 0.15) is 29.7 Å². The number of rotatable bonds is 4. The van der Waals surface area contributed by atoms with Crippen LogP contribution in [0.25, 0.3) is 11.0 Å². The Morgan fingerprint density at radius 1 is 1.19 bits per heavy atom. The number of anilines is 1. The molecule has 1 saturated heterocycles. The van der Waals surface area contributed by atoms with Crippen LogP contribution in [0.4, 0.5) is 5.82 Å². The third-order valence-corrected chi connectivity index (χ3v) is 4.86. The van der Waals surface area contributed by atoms with E-state index in [0.29, 0.717) is 6.61 Å². The molecule has 0 aliphatic carbocycles. The predicted molar refractivity (Wildman–Crippen MR) is 101 cm³/mol. The maximum atomic E-state index is 6.07. The Bertz CT molecular complexity index is 891. The number of nitrogens with zero attached hydrogens (tertiary/aromatic N) is 5. The van der Waals surface area contributed by atoms with Gasteiger partial charge in [-0.2, -0.15) is 0 Å². The van der Waals surface area contributed by atoms with E-state index in [1.54, 1.807) is 12.5 Å². The first-order chi connectivity index (χ1) is 12.7. The minimum Gasteiger partial charge on any atom is -0.373 e. The van der Waals surface area contributed by atoms with Crippen molar-refractivity contribution in [2.24, 2.45) is 0 Å². The van der Waals surface area contributed by atoms with E-state index in [1.807, 2.05) is 25.3 Å². The summed E-state index contributed by atoms with van der Waals surface area (Å²) in [6.45, 7) is 6.58. The molecule has 0 unspecified atom stereocenters. The average Bonchev–Trinajstić information content (AvgIpc) is 2.67. The molecule has 6 heteroatoms. The van der Waals surface area contributed by atoms with Crippen molar-refractivity contribution < 1.29 is 4.74 Å². The Morgan fingerprint density at radius 3 is 2.81 bits per heavy atom. The second kappa shape index (κ2) is 7.33. The van der Waals surface area contributed by atoms with Gasteiger partial charge in [0.15, 0.2) is 5.65 Å². The van der Waals surface area contributed by atoms with Crippen LogP contribution in [0.3, 0.4) is 0 Å². The molecule has 4 rings (SSSR count). The van der Waals surface area contributed by atoms with Gasteiger partial charge in [-0.3, -0.25) is 4.98 Å². The number of piperidine rings is 1. The normalized spacial score (nSPS) is 15.5. The first kappa shape index (κ1) is 16.8. The van der Waals surface area contributed by atoms with Gasteiger partial charge in [0.1, 0.15) is 12.1 Å². The number of hydrogen-bond donors (Lipinski definition) is 0. The van der Waals surface area contributed by atoms with Gasteiger partial charge in [0.2, 0.25) is 0 Å². The van der Waals surface area contributed by atoms with Crippen molar-refractivity contribution in [1.82, 2.24) is 19.9 Å². The maximum absolute atomic E-state index is 6.07. The van der Waals surface area contributed by atoms with E-state index in [4.69, 9.17) is 4.74 Å². The molecule has 1 aliphatic heterocycles. The zero-order valence-corrected chi connectivity index (χ0v) is 15.2. The van der Waals surface area contributed by atoms with Gasteiger partial charge in [0.25, 0.3) is 0 Å². The van der Waals surface area contributed by atoms with Gasteiger partial charge in [0.05, 0.1) is 18.1 Å². The van der Waals surface area contributed by atoms with Crippen molar-refractivity contribution >= 4 is 16.9 Å². The molecule has 3 aromatic rings. The third-order valence-electron chi connectivity index (χ3n) is 4.86. The smallest absolute Gasteiger partial charge is 0.165 e. The summed E-state index contributed by atoms with van der Waals surface area (Å²) in [7, 11) is 0. The fraction of sp³-hybridized carbons (Fsp3) is 0.400. The predicted octanol–water partition coefficient (Wildman–Crippen LogP) is 3.22. The molecule has 26 heavy (non-hydrogen) atoms. The molecule has 4 heterocycles. The summed E-state index contributed by atoms with van der Waals surface area (Å²) in [5.74, 6) is 0.991. The molecular formula is C20H23N5O. The van der Waals surface area contributed by atoms with Crippen LogP contribution in [0.5, 0.6) is 0 Å². The van der Waals surface area contributed by atoms with Gasteiger partial charge in [-0.15, -0.1) is 0 Å². The molecule has 0 saturated carbocycles. The largest absolute Gasteiger partial charge is 0.373 e. The van der Waals surface area contributed by atoms with Crippen LogP contribution in [-0.2, 0) is 11.3 Å². The van der Waals surface area contributed by atoms with E-state index in [1.165, 1.54) is 5.56 Å². The first-order valence-electron chi connectivity index (χ1n) is 9.05. The number of pyridine rings is 2. The monoisotopic (exact) mass is 349 g/mol. The fourth-order valence-electron chi connectivity index (χ4n) is 3.56. The Kier molecular flexibility index (Phi) is 4.75. The SMILES string of the molecule is Cc1cc(C)c2c(N3CCC(OCc4cccnc4)CC3)ncnc2n1. The molecule has 0 N–H and O–H groups in total. The van der Waals surface area contributed by atoms with Crippen LogP contribution in [0, 0.1) is 13.8 Å². The minimum absolute atomic E-state index is 0.279. The van der Waals surface area contributed by atoms with E-state index < -0.39 is 0 Å². The molecule has 0 amide bonds. The van der Waals surface area contributed by atoms with Crippen LogP contribution in [0.2, 0.25) is 0 Å². The molecular weight excluding hydrogens is 326 g/mol. The van der Waals surface area contributed by atoms with Gasteiger partial charge in [-0.05, 0) is 49.9 Å². The highest BCUT2D eigenvalue weighted by atomic mass is 16.5. The summed E-state index contributed by atoms with van der Waals surface area (Å²) >= 11 is 0. The van der Waals surface area contributed by atoms with Crippen molar-refractivity contribution in [1.29, 1.82) is 0 Å². The van der Waals surface area contributed by atoms with Gasteiger partial charge < -0.3 is 9.64 Å². The molecule has 6 nitrogen and oxygen atoms in total. The van der Waals surface area contributed by atoms with Crippen LogP contribution >= 0.6 is 0 Å². The van der Waals surface area contributed by atoms with E-state index in [2.05, 4.69) is 37.8 Å². The summed E-state index contributed by atoms with van der Waals surface area (Å²) in [6, 6.07) is 6.09. The number of aryl methyl sites for hydroxylation is 2. The fourth-order valence-corrected chi connectivity index (χ4v) is 3.56. The van der Waals surface area contributed by atoms with Crippen molar-refractivity contribution in [3.05, 3.63) is 53.7 Å². The lowest BCUT2D eigenvalue weighted by atomic mass is 10.1. The number of fused-ring (bicyclic) bond motifs is 1. The summed E-state index contributed by atoms with van der Waals surface area (Å²) in [6.07, 6.45) is 7.52. The standard InChI is InChI=1S/C20H23N5O/c1-14-10-15(2)24-19-18(14)20(23-13-22-19)25-8-5-17(6-9-25)26-12-16-4-3-7-21-11-16/h3-4,7,10-11,13,17H,5-6,8-9,12H2,1-2H3. The zero-order valence-electron chi connectivity index (χ0n) is 15.2. The number of aromatic nitrogens is 4. The van der Waals surface area contributed by atoms with E-state index in [0.717, 1.165) is 54.0 Å². The van der Waals surface area contributed by atoms with Crippen LogP contribution < -0.4 is 4.90 Å². The van der Waals surface area contributed by atoms with Crippen molar-refractivity contribution in [3.8, 4) is 0 Å². The second-order valence-electron chi connectivity index (χ2n) is 6.84. The molecule has 1 fully saturated rings. The molecule has 0 bridgehead atoms. The molecule has 134 valence electrons. The van der Waals surface area contributed by atoms with E-state index >= 15 is 0 Å². The summed E-state index contributed by atoms with van der Waals surface area (Å²) in [5.41, 5.74) is 4.07. The van der Waals surface area contributed by atoms with Crippen LogP contribution in [0.15, 0.2) is 36.9 Å². The molecule has 0 aromatic carbocycles. The third kappa shape index (κ3) is 3.51. The number of ether oxygens (including phenoxy) is 1. The lowest BCUT2D eigenvalue weighted by Crippen LogP contribution is -2.37. The summed E-state index contributed by atoms with van der Waals surface area (Å²) < 4.78 is 6.07. The molecule has 0 atom stereocenters. The highest BCUT2D eigenvalue weighted by Crippen LogP contribution is 2.28. The lowest BCUT2D eigenvalue weighted by Gasteiger charge is -2.33.